The average Bonchev–Trinajstić information content (AvgIpc) is 2.61. The number of carbonyl (C=O) groups is 1. The molecule has 1 heterocycles. The van der Waals surface area contributed by atoms with Gasteiger partial charge in [-0.3, -0.25) is 4.79 Å². The third-order valence-electron chi connectivity index (χ3n) is 4.77. The van der Waals surface area contributed by atoms with Gasteiger partial charge in [0.05, 0.1) is 12.2 Å². The second-order valence-electron chi connectivity index (χ2n) is 7.88. The van der Waals surface area contributed by atoms with Crippen molar-refractivity contribution in [3.8, 4) is 0 Å². The van der Waals surface area contributed by atoms with Crippen LogP contribution in [0.1, 0.15) is 60.3 Å². The number of allylic oxidation sites excluding steroid dienone is 4. The molecule has 6 heteroatoms. The Labute approximate surface area is 168 Å². The van der Waals surface area contributed by atoms with E-state index in [9.17, 15) is 15.0 Å². The van der Waals surface area contributed by atoms with E-state index in [1.165, 1.54) is 18.1 Å². The SMILES string of the molecule is C=C[C@](C)(CC/C=C(\C)CCC=C(C)C)O[C@@H]1OC[C@@H](O)[C@H](O)[C@H]1OC(C)=O. The number of aliphatic hydroxyl groups is 2. The largest absolute Gasteiger partial charge is 0.454 e. The molecule has 0 bridgehead atoms. The van der Waals surface area contributed by atoms with Gasteiger partial charge in [0.25, 0.3) is 0 Å². The maximum Gasteiger partial charge on any atom is 0.303 e. The summed E-state index contributed by atoms with van der Waals surface area (Å²) in [6, 6.07) is 0. The predicted octanol–water partition coefficient (Wildman–Crippen LogP) is 3.43. The highest BCUT2D eigenvalue weighted by Gasteiger charge is 2.44. The van der Waals surface area contributed by atoms with E-state index >= 15 is 0 Å². The number of ether oxygens (including phenoxy) is 3. The summed E-state index contributed by atoms with van der Waals surface area (Å²) in [7, 11) is 0. The molecule has 5 atom stereocenters. The van der Waals surface area contributed by atoms with E-state index in [1.807, 2.05) is 6.92 Å². The Morgan fingerprint density at radius 1 is 1.21 bits per heavy atom. The third kappa shape index (κ3) is 8.27. The first-order valence-corrected chi connectivity index (χ1v) is 9.83. The molecule has 0 spiro atoms. The van der Waals surface area contributed by atoms with Gasteiger partial charge in [-0.2, -0.15) is 0 Å². The molecule has 0 unspecified atom stereocenters. The van der Waals surface area contributed by atoms with Crippen molar-refractivity contribution in [3.63, 3.8) is 0 Å². The van der Waals surface area contributed by atoms with Crippen LogP contribution in [-0.2, 0) is 19.0 Å². The Morgan fingerprint density at radius 2 is 1.89 bits per heavy atom. The van der Waals surface area contributed by atoms with Crippen molar-refractivity contribution in [2.45, 2.75) is 90.5 Å². The Morgan fingerprint density at radius 3 is 2.46 bits per heavy atom. The summed E-state index contributed by atoms with van der Waals surface area (Å²) >= 11 is 0. The van der Waals surface area contributed by atoms with Crippen LogP contribution in [0.25, 0.3) is 0 Å². The smallest absolute Gasteiger partial charge is 0.303 e. The summed E-state index contributed by atoms with van der Waals surface area (Å²) < 4.78 is 16.7. The highest BCUT2D eigenvalue weighted by Crippen LogP contribution is 2.28. The van der Waals surface area contributed by atoms with Crippen molar-refractivity contribution in [3.05, 3.63) is 36.0 Å². The van der Waals surface area contributed by atoms with Crippen LogP contribution in [0.4, 0.5) is 0 Å². The number of esters is 1. The highest BCUT2D eigenvalue weighted by molar-refractivity contribution is 5.66. The second kappa shape index (κ2) is 11.5. The molecule has 0 aromatic heterocycles. The molecule has 1 aliphatic rings. The van der Waals surface area contributed by atoms with Crippen LogP contribution in [0, 0.1) is 0 Å². The van der Waals surface area contributed by atoms with Crippen molar-refractivity contribution in [2.24, 2.45) is 0 Å². The molecule has 0 amide bonds. The lowest BCUT2D eigenvalue weighted by Crippen LogP contribution is -2.57. The summed E-state index contributed by atoms with van der Waals surface area (Å²) in [6.07, 6.45) is 5.11. The lowest BCUT2D eigenvalue weighted by Gasteiger charge is -2.40. The molecule has 6 nitrogen and oxygen atoms in total. The lowest BCUT2D eigenvalue weighted by atomic mass is 9.97. The van der Waals surface area contributed by atoms with Crippen LogP contribution in [0.2, 0.25) is 0 Å². The summed E-state index contributed by atoms with van der Waals surface area (Å²) in [6.45, 7) is 13.2. The van der Waals surface area contributed by atoms with Gasteiger partial charge in [-0.1, -0.05) is 29.4 Å². The Kier molecular flexibility index (Phi) is 10.1. The molecule has 0 aliphatic carbocycles. The molecule has 160 valence electrons. The van der Waals surface area contributed by atoms with Crippen LogP contribution in [0.5, 0.6) is 0 Å². The number of aliphatic hydroxyl groups excluding tert-OH is 2. The van der Waals surface area contributed by atoms with Crippen molar-refractivity contribution in [1.82, 2.24) is 0 Å². The standard InChI is InChI=1S/C22H36O6/c1-7-22(6,13-9-12-16(4)11-8-10-15(2)3)28-21-20(27-17(5)23)19(25)18(24)14-26-21/h7,10,12,18-21,24-25H,1,8-9,11,13-14H2,2-6H3/b16-12+/t18-,19+,20-,21+,22-/m1/s1. The summed E-state index contributed by atoms with van der Waals surface area (Å²) in [5, 5.41) is 20.0. The quantitative estimate of drug-likeness (QED) is 0.435. The van der Waals surface area contributed by atoms with E-state index in [4.69, 9.17) is 14.2 Å². The minimum Gasteiger partial charge on any atom is -0.454 e. The fourth-order valence-corrected chi connectivity index (χ4v) is 2.95. The van der Waals surface area contributed by atoms with Gasteiger partial charge in [-0.15, -0.1) is 6.58 Å². The zero-order chi connectivity index (χ0) is 21.3. The van der Waals surface area contributed by atoms with E-state index in [-0.39, 0.29) is 6.61 Å². The molecule has 1 aliphatic heterocycles. The molecule has 28 heavy (non-hydrogen) atoms. The molecule has 1 rings (SSSR count). The fraction of sp³-hybridized carbons (Fsp3) is 0.682. The second-order valence-corrected chi connectivity index (χ2v) is 7.88. The van der Waals surface area contributed by atoms with E-state index in [0.29, 0.717) is 6.42 Å². The molecular formula is C22H36O6. The zero-order valence-corrected chi connectivity index (χ0v) is 17.8. The van der Waals surface area contributed by atoms with Crippen LogP contribution >= 0.6 is 0 Å². The van der Waals surface area contributed by atoms with E-state index in [2.05, 4.69) is 39.5 Å². The maximum atomic E-state index is 11.4. The van der Waals surface area contributed by atoms with Gasteiger partial charge in [0.15, 0.2) is 12.4 Å². The first-order chi connectivity index (χ1) is 13.1. The van der Waals surface area contributed by atoms with E-state index < -0.39 is 36.2 Å². The van der Waals surface area contributed by atoms with Crippen molar-refractivity contribution in [2.75, 3.05) is 6.61 Å². The normalized spacial score (nSPS) is 27.6. The topological polar surface area (TPSA) is 85.2 Å². The Balaban J connectivity index is 2.69. The molecule has 0 radical (unpaired) electrons. The number of hydrogen-bond acceptors (Lipinski definition) is 6. The fourth-order valence-electron chi connectivity index (χ4n) is 2.95. The van der Waals surface area contributed by atoms with E-state index in [1.54, 1.807) is 6.08 Å². The van der Waals surface area contributed by atoms with Crippen molar-refractivity contribution in [1.29, 1.82) is 0 Å². The monoisotopic (exact) mass is 396 g/mol. The third-order valence-corrected chi connectivity index (χ3v) is 4.77. The molecule has 1 saturated heterocycles. The van der Waals surface area contributed by atoms with Crippen LogP contribution in [0.3, 0.4) is 0 Å². The molecular weight excluding hydrogens is 360 g/mol. The van der Waals surface area contributed by atoms with Gasteiger partial charge in [0.2, 0.25) is 0 Å². The molecule has 2 N–H and O–H groups in total. The first kappa shape index (κ1) is 24.6. The van der Waals surface area contributed by atoms with Crippen LogP contribution < -0.4 is 0 Å². The van der Waals surface area contributed by atoms with Crippen LogP contribution in [0.15, 0.2) is 36.0 Å². The number of rotatable bonds is 10. The van der Waals surface area contributed by atoms with Crippen molar-refractivity contribution >= 4 is 5.97 Å². The summed E-state index contributed by atoms with van der Waals surface area (Å²) in [4.78, 5) is 11.4. The zero-order valence-electron chi connectivity index (χ0n) is 17.8. The maximum absolute atomic E-state index is 11.4. The number of hydrogen-bond donors (Lipinski definition) is 2. The molecule has 0 aromatic rings. The van der Waals surface area contributed by atoms with Crippen LogP contribution in [-0.4, -0.2) is 53.0 Å². The van der Waals surface area contributed by atoms with Gasteiger partial charge in [-0.25, -0.2) is 0 Å². The Hall–Kier alpha value is -1.47. The molecule has 0 saturated carbocycles. The van der Waals surface area contributed by atoms with Gasteiger partial charge in [0.1, 0.15) is 12.2 Å². The minimum atomic E-state index is -1.27. The molecule has 1 fully saturated rings. The summed E-state index contributed by atoms with van der Waals surface area (Å²) in [5.41, 5.74) is 1.90. The summed E-state index contributed by atoms with van der Waals surface area (Å²) in [5.74, 6) is -0.578. The predicted molar refractivity (Wildman–Crippen MR) is 109 cm³/mol. The Bertz CT molecular complexity index is 578. The first-order valence-electron chi connectivity index (χ1n) is 9.83. The van der Waals surface area contributed by atoms with E-state index in [0.717, 1.165) is 19.3 Å². The highest BCUT2D eigenvalue weighted by atomic mass is 16.7. The molecule has 0 aromatic carbocycles. The van der Waals surface area contributed by atoms with Gasteiger partial charge >= 0.3 is 5.97 Å². The minimum absolute atomic E-state index is 0.0970. The number of carbonyl (C=O) groups excluding carboxylic acids is 1. The lowest BCUT2D eigenvalue weighted by molar-refractivity contribution is -0.296. The van der Waals surface area contributed by atoms with Gasteiger partial charge in [0, 0.05) is 6.92 Å². The van der Waals surface area contributed by atoms with Gasteiger partial charge in [-0.05, 0) is 53.4 Å². The van der Waals surface area contributed by atoms with Gasteiger partial charge < -0.3 is 24.4 Å². The average molecular weight is 397 g/mol. The van der Waals surface area contributed by atoms with Crippen molar-refractivity contribution < 1.29 is 29.2 Å².